The number of hydrogen-bond acceptors (Lipinski definition) is 6. The number of thiazole rings is 1. The summed E-state index contributed by atoms with van der Waals surface area (Å²) in [5.41, 5.74) is 0.884. The van der Waals surface area contributed by atoms with Crippen molar-refractivity contribution in [3.8, 4) is 0 Å². The molecule has 0 saturated carbocycles. The number of nitro groups is 1. The van der Waals surface area contributed by atoms with Gasteiger partial charge < -0.3 is 0 Å². The molecule has 88 valence electrons. The van der Waals surface area contributed by atoms with E-state index in [-0.39, 0.29) is 5.69 Å². The van der Waals surface area contributed by atoms with Crippen LogP contribution in [0.3, 0.4) is 0 Å². The van der Waals surface area contributed by atoms with Crippen LogP contribution in [-0.4, -0.2) is 14.9 Å². The first-order valence-electron chi connectivity index (χ1n) is 4.46. The highest BCUT2D eigenvalue weighted by atomic mass is 79.9. The molecule has 2 aromatic heterocycles. The van der Waals surface area contributed by atoms with Gasteiger partial charge in [0, 0.05) is 27.8 Å². The third kappa shape index (κ3) is 3.02. The predicted octanol–water partition coefficient (Wildman–Crippen LogP) is 3.67. The lowest BCUT2D eigenvalue weighted by Crippen LogP contribution is -1.93. The topological polar surface area (TPSA) is 68.9 Å². The average Bonchev–Trinajstić information content (AvgIpc) is 2.66. The van der Waals surface area contributed by atoms with Crippen molar-refractivity contribution in [3.05, 3.63) is 37.9 Å². The van der Waals surface area contributed by atoms with Crippen LogP contribution in [0.5, 0.6) is 0 Å². The molecule has 2 aromatic rings. The van der Waals surface area contributed by atoms with E-state index in [2.05, 4.69) is 25.9 Å². The van der Waals surface area contributed by atoms with Crippen molar-refractivity contribution < 1.29 is 4.92 Å². The number of rotatable bonds is 3. The quantitative estimate of drug-likeness (QED) is 0.634. The highest BCUT2D eigenvalue weighted by Crippen LogP contribution is 2.35. The van der Waals surface area contributed by atoms with E-state index in [1.807, 2.05) is 12.3 Å². The summed E-state index contributed by atoms with van der Waals surface area (Å²) in [4.78, 5) is 18.7. The summed E-state index contributed by atoms with van der Waals surface area (Å²) in [6.07, 6.45) is 1.54. The van der Waals surface area contributed by atoms with Gasteiger partial charge in [-0.1, -0.05) is 0 Å². The Morgan fingerprint density at radius 1 is 1.59 bits per heavy atom. The highest BCUT2D eigenvalue weighted by molar-refractivity contribution is 9.10. The average molecular weight is 332 g/mol. The van der Waals surface area contributed by atoms with Gasteiger partial charge in [-0.25, -0.2) is 9.97 Å². The molecule has 0 radical (unpaired) electrons. The van der Waals surface area contributed by atoms with Crippen molar-refractivity contribution in [1.82, 2.24) is 9.97 Å². The van der Waals surface area contributed by atoms with Crippen LogP contribution in [0.2, 0.25) is 0 Å². The molecule has 0 saturated heterocycles. The molecule has 0 fully saturated rings. The van der Waals surface area contributed by atoms with Crippen molar-refractivity contribution >= 4 is 44.7 Å². The maximum atomic E-state index is 10.9. The fraction of sp³-hybridized carbons (Fsp3) is 0.111. The Hall–Kier alpha value is -0.990. The number of nitrogens with zero attached hydrogens (tertiary/aromatic N) is 3. The summed E-state index contributed by atoms with van der Waals surface area (Å²) in [6.45, 7) is 1.88. The molecule has 0 aliphatic heterocycles. The van der Waals surface area contributed by atoms with E-state index >= 15 is 0 Å². The fourth-order valence-corrected chi connectivity index (χ4v) is 3.20. The van der Waals surface area contributed by atoms with E-state index in [0.717, 1.165) is 10.0 Å². The zero-order valence-electron chi connectivity index (χ0n) is 8.58. The Bertz CT molecular complexity index is 573. The number of hydrogen-bond donors (Lipinski definition) is 0. The molecule has 2 heterocycles. The molecule has 5 nitrogen and oxygen atoms in total. The minimum atomic E-state index is -0.444. The number of halogens is 1. The molecule has 0 N–H and O–H groups in total. The molecule has 0 spiro atoms. The van der Waals surface area contributed by atoms with Crippen molar-refractivity contribution in [2.24, 2.45) is 0 Å². The van der Waals surface area contributed by atoms with Crippen molar-refractivity contribution in [1.29, 1.82) is 0 Å². The molecule has 0 aromatic carbocycles. The Morgan fingerprint density at radius 3 is 2.94 bits per heavy atom. The maximum absolute atomic E-state index is 10.9. The first kappa shape index (κ1) is 12.5. The zero-order chi connectivity index (χ0) is 12.4. The van der Waals surface area contributed by atoms with Crippen LogP contribution < -0.4 is 0 Å². The molecule has 0 unspecified atom stereocenters. The van der Waals surface area contributed by atoms with E-state index in [1.165, 1.54) is 35.4 Å². The summed E-state index contributed by atoms with van der Waals surface area (Å²) in [6, 6.07) is 1.44. The lowest BCUT2D eigenvalue weighted by molar-refractivity contribution is -0.388. The van der Waals surface area contributed by atoms with E-state index in [0.29, 0.717) is 9.50 Å². The second-order valence-electron chi connectivity index (χ2n) is 3.09. The predicted molar refractivity (Wildman–Crippen MR) is 69.6 cm³/mol. The van der Waals surface area contributed by atoms with Gasteiger partial charge in [0.1, 0.15) is 0 Å². The van der Waals surface area contributed by atoms with Gasteiger partial charge in [-0.2, -0.15) is 0 Å². The Labute approximate surface area is 114 Å². The summed E-state index contributed by atoms with van der Waals surface area (Å²) < 4.78 is 1.34. The molecule has 0 atom stereocenters. The Balaban J connectivity index is 2.35. The molecule has 8 heteroatoms. The fourth-order valence-electron chi connectivity index (χ4n) is 1.09. The van der Waals surface area contributed by atoms with Gasteiger partial charge in [-0.15, -0.1) is 11.3 Å². The van der Waals surface area contributed by atoms with Crippen molar-refractivity contribution in [2.45, 2.75) is 16.3 Å². The number of pyridine rings is 1. The SMILES string of the molecule is Cc1csc(Sc2ncc(Br)cc2[N+](=O)[O-])n1. The molecule has 0 aliphatic rings. The largest absolute Gasteiger partial charge is 0.302 e. The van der Waals surface area contributed by atoms with E-state index in [1.54, 1.807) is 0 Å². The van der Waals surface area contributed by atoms with Crippen LogP contribution in [0, 0.1) is 17.0 Å². The third-order valence-corrected chi connectivity index (χ3v) is 4.28. The maximum Gasteiger partial charge on any atom is 0.302 e. The second kappa shape index (κ2) is 5.11. The van der Waals surface area contributed by atoms with E-state index in [4.69, 9.17) is 0 Å². The minimum absolute atomic E-state index is 0.0165. The molecule has 17 heavy (non-hydrogen) atoms. The van der Waals surface area contributed by atoms with Gasteiger partial charge in [-0.05, 0) is 34.6 Å². The standard InChI is InChI=1S/C9H6BrN3O2S2/c1-5-4-16-9(12-5)17-8-7(13(14)15)2-6(10)3-11-8/h2-4H,1H3. The van der Waals surface area contributed by atoms with Gasteiger partial charge in [0.25, 0.3) is 0 Å². The van der Waals surface area contributed by atoms with Gasteiger partial charge in [0.05, 0.1) is 4.92 Å². The second-order valence-corrected chi connectivity index (χ2v) is 6.10. The van der Waals surface area contributed by atoms with E-state index < -0.39 is 4.92 Å². The normalized spacial score (nSPS) is 10.5. The lowest BCUT2D eigenvalue weighted by Gasteiger charge is -1.99. The van der Waals surface area contributed by atoms with Gasteiger partial charge in [0.15, 0.2) is 9.37 Å². The molecule has 2 rings (SSSR count). The van der Waals surface area contributed by atoms with Gasteiger partial charge in [0.2, 0.25) is 0 Å². The summed E-state index contributed by atoms with van der Waals surface area (Å²) in [5, 5.41) is 13.1. The molecule has 0 bridgehead atoms. The van der Waals surface area contributed by atoms with Crippen LogP contribution >= 0.6 is 39.0 Å². The van der Waals surface area contributed by atoms with Crippen molar-refractivity contribution in [2.75, 3.05) is 0 Å². The lowest BCUT2D eigenvalue weighted by atomic mass is 10.4. The van der Waals surface area contributed by atoms with E-state index in [9.17, 15) is 10.1 Å². The van der Waals surface area contributed by atoms with Crippen LogP contribution in [0.15, 0.2) is 31.5 Å². The van der Waals surface area contributed by atoms with Gasteiger partial charge in [-0.3, -0.25) is 10.1 Å². The van der Waals surface area contributed by atoms with Crippen LogP contribution in [0.25, 0.3) is 0 Å². The van der Waals surface area contributed by atoms with Crippen LogP contribution in [0.1, 0.15) is 5.69 Å². The summed E-state index contributed by atoms with van der Waals surface area (Å²) in [7, 11) is 0. The zero-order valence-corrected chi connectivity index (χ0v) is 11.8. The highest BCUT2D eigenvalue weighted by Gasteiger charge is 2.18. The minimum Gasteiger partial charge on any atom is -0.258 e. The number of aromatic nitrogens is 2. The Kier molecular flexibility index (Phi) is 3.75. The Morgan fingerprint density at radius 2 is 2.35 bits per heavy atom. The smallest absolute Gasteiger partial charge is 0.258 e. The van der Waals surface area contributed by atoms with Gasteiger partial charge >= 0.3 is 5.69 Å². The first-order valence-corrected chi connectivity index (χ1v) is 6.95. The summed E-state index contributed by atoms with van der Waals surface area (Å²) in [5.74, 6) is 0. The third-order valence-electron chi connectivity index (χ3n) is 1.78. The molecular weight excluding hydrogens is 326 g/mol. The molecular formula is C9H6BrN3O2S2. The first-order chi connectivity index (χ1) is 8.06. The monoisotopic (exact) mass is 331 g/mol. The molecule has 0 aliphatic carbocycles. The molecule has 0 amide bonds. The number of aryl methyl sites for hydroxylation is 1. The van der Waals surface area contributed by atoms with Crippen LogP contribution in [-0.2, 0) is 0 Å². The van der Waals surface area contributed by atoms with Crippen molar-refractivity contribution in [3.63, 3.8) is 0 Å². The summed E-state index contributed by atoms with van der Waals surface area (Å²) >= 11 is 5.82. The van der Waals surface area contributed by atoms with Crippen LogP contribution in [0.4, 0.5) is 5.69 Å².